The number of fused-ring (bicyclic) bond motifs is 5. The minimum Gasteiger partial charge on any atom is -0.453 e. The topological polar surface area (TPSA) is 119 Å². The largest absolute Gasteiger partial charge is 0.453 e. The highest BCUT2D eigenvalue weighted by Crippen LogP contribution is 2.56. The van der Waals surface area contributed by atoms with E-state index in [-0.39, 0.29) is 0 Å². The molecule has 0 atom stereocenters. The highest BCUT2D eigenvalue weighted by atomic mass is 32.2. The van der Waals surface area contributed by atoms with Crippen molar-refractivity contribution >= 4 is 56.7 Å². The third-order valence-corrected chi connectivity index (χ3v) is 14.2. The van der Waals surface area contributed by atoms with Gasteiger partial charge in [0.05, 0.1) is 74.0 Å². The number of para-hydroxylation sites is 6. The summed E-state index contributed by atoms with van der Waals surface area (Å²) in [6.07, 6.45) is 7.11. The van der Waals surface area contributed by atoms with Crippen molar-refractivity contribution in [1.82, 2.24) is 39.9 Å². The maximum absolute atomic E-state index is 6.67. The summed E-state index contributed by atoms with van der Waals surface area (Å²) in [6, 6.07) is 69.6. The second kappa shape index (κ2) is 18.0. The third-order valence-electron chi connectivity index (χ3n) is 13.1. The molecule has 8 heterocycles. The molecule has 0 saturated heterocycles. The molecule has 12 heteroatoms. The Labute approximate surface area is 429 Å². The Morgan fingerprint density at radius 1 is 0.324 bits per heavy atom. The summed E-state index contributed by atoms with van der Waals surface area (Å²) >= 11 is 1.77. The van der Waals surface area contributed by atoms with Gasteiger partial charge in [-0.05, 0) is 139 Å². The molecule has 11 nitrogen and oxygen atoms in total. The first-order chi connectivity index (χ1) is 36.7. The van der Waals surface area contributed by atoms with Crippen LogP contribution < -0.4 is 14.5 Å². The van der Waals surface area contributed by atoms with Gasteiger partial charge in [-0.25, -0.2) is 19.9 Å². The van der Waals surface area contributed by atoms with E-state index in [0.717, 1.165) is 77.3 Å². The van der Waals surface area contributed by atoms with Crippen LogP contribution in [0.3, 0.4) is 0 Å². The van der Waals surface area contributed by atoms with Crippen molar-refractivity contribution in [2.24, 2.45) is 0 Å². The molecular weight excluding hydrogens is 933 g/mol. The van der Waals surface area contributed by atoms with Gasteiger partial charge in [-0.15, -0.1) is 0 Å². The van der Waals surface area contributed by atoms with Crippen molar-refractivity contribution in [1.29, 1.82) is 0 Å². The lowest BCUT2D eigenvalue weighted by Crippen LogP contribution is -2.18. The fourth-order valence-corrected chi connectivity index (χ4v) is 10.8. The van der Waals surface area contributed by atoms with E-state index in [0.29, 0.717) is 57.2 Å². The molecule has 74 heavy (non-hydrogen) atoms. The number of nitrogens with zero attached hydrogens (tertiary/aromatic N) is 10. The molecule has 0 spiro atoms. The SMILES string of the molecule is c1ccc(-c2cc(-c3ccccn3)nc(-c3cc(-c4nc(-c5ccccn5)cc(-c5ccccn5)n4)c4cc(N5c6ccccc6Sc6ccccc65)cc(N5c6ccccc6Oc6ccccc65)c4c3)n2)nc1. The first-order valence-corrected chi connectivity index (χ1v) is 24.9. The van der Waals surface area contributed by atoms with Crippen LogP contribution in [0.4, 0.5) is 34.1 Å². The Balaban J connectivity index is 1.13. The molecule has 2 aliphatic rings. The zero-order valence-corrected chi connectivity index (χ0v) is 40.0. The van der Waals surface area contributed by atoms with Crippen LogP contribution in [-0.4, -0.2) is 39.9 Å². The molecule has 12 aromatic rings. The third kappa shape index (κ3) is 7.65. The van der Waals surface area contributed by atoms with E-state index in [4.69, 9.17) is 44.6 Å². The molecule has 0 radical (unpaired) electrons. The normalized spacial score (nSPS) is 12.3. The van der Waals surface area contributed by atoms with E-state index in [1.165, 1.54) is 0 Å². The van der Waals surface area contributed by atoms with Gasteiger partial charge in [-0.1, -0.05) is 84.6 Å². The van der Waals surface area contributed by atoms with E-state index in [1.54, 1.807) is 36.5 Å². The molecule has 0 N–H and O–H groups in total. The number of hydrogen-bond donors (Lipinski definition) is 0. The zero-order chi connectivity index (χ0) is 49.0. The number of ether oxygens (including phenoxy) is 1. The maximum atomic E-state index is 6.67. The van der Waals surface area contributed by atoms with Crippen LogP contribution in [0.15, 0.2) is 241 Å². The maximum Gasteiger partial charge on any atom is 0.161 e. The second-order valence-corrected chi connectivity index (χ2v) is 18.7. The van der Waals surface area contributed by atoms with Gasteiger partial charge >= 0.3 is 0 Å². The minimum absolute atomic E-state index is 0.465. The summed E-state index contributed by atoms with van der Waals surface area (Å²) in [5.41, 5.74) is 12.5. The molecule has 2 aliphatic heterocycles. The lowest BCUT2D eigenvalue weighted by atomic mass is 9.95. The summed E-state index contributed by atoms with van der Waals surface area (Å²) in [5, 5.41) is 1.77. The van der Waals surface area contributed by atoms with Gasteiger partial charge in [0.25, 0.3) is 0 Å². The van der Waals surface area contributed by atoms with Crippen LogP contribution in [-0.2, 0) is 0 Å². The molecule has 14 rings (SSSR count). The lowest BCUT2D eigenvalue weighted by molar-refractivity contribution is 0.477. The fourth-order valence-electron chi connectivity index (χ4n) is 9.73. The molecule has 6 aromatic carbocycles. The van der Waals surface area contributed by atoms with Crippen LogP contribution in [0.25, 0.3) is 79.1 Å². The average Bonchev–Trinajstić information content (AvgIpc) is 3.48. The van der Waals surface area contributed by atoms with E-state index >= 15 is 0 Å². The Morgan fingerprint density at radius 3 is 1.23 bits per heavy atom. The molecular formula is C62H38N10OS. The smallest absolute Gasteiger partial charge is 0.161 e. The summed E-state index contributed by atoms with van der Waals surface area (Å²) in [6.45, 7) is 0. The predicted molar refractivity (Wildman–Crippen MR) is 292 cm³/mol. The van der Waals surface area contributed by atoms with E-state index in [2.05, 4.69) is 94.7 Å². The van der Waals surface area contributed by atoms with Gasteiger partial charge in [-0.2, -0.15) is 0 Å². The summed E-state index contributed by atoms with van der Waals surface area (Å²) in [4.78, 5) is 47.5. The van der Waals surface area contributed by atoms with Gasteiger partial charge < -0.3 is 14.5 Å². The average molecular weight is 971 g/mol. The predicted octanol–water partition coefficient (Wildman–Crippen LogP) is 15.5. The Hall–Kier alpha value is -9.91. The van der Waals surface area contributed by atoms with Crippen molar-refractivity contribution in [3.05, 3.63) is 231 Å². The summed E-state index contributed by atoms with van der Waals surface area (Å²) in [5.74, 6) is 2.39. The number of pyridine rings is 4. The van der Waals surface area contributed by atoms with Crippen LogP contribution in [0.5, 0.6) is 11.5 Å². The van der Waals surface area contributed by atoms with Gasteiger partial charge in [0, 0.05) is 56.8 Å². The first-order valence-electron chi connectivity index (χ1n) is 24.1. The summed E-state index contributed by atoms with van der Waals surface area (Å²) < 4.78 is 6.67. The highest BCUT2D eigenvalue weighted by molar-refractivity contribution is 7.99. The van der Waals surface area contributed by atoms with Crippen molar-refractivity contribution in [3.8, 4) is 79.8 Å². The molecule has 0 fully saturated rings. The lowest BCUT2D eigenvalue weighted by Gasteiger charge is -2.36. The van der Waals surface area contributed by atoms with Crippen LogP contribution in [0.2, 0.25) is 0 Å². The van der Waals surface area contributed by atoms with Gasteiger partial charge in [-0.3, -0.25) is 19.9 Å². The van der Waals surface area contributed by atoms with Gasteiger partial charge in [0.15, 0.2) is 23.1 Å². The second-order valence-electron chi connectivity index (χ2n) is 17.6. The number of benzene rings is 6. The summed E-state index contributed by atoms with van der Waals surface area (Å²) in [7, 11) is 0. The van der Waals surface area contributed by atoms with Crippen molar-refractivity contribution in [3.63, 3.8) is 0 Å². The molecule has 0 bridgehead atoms. The van der Waals surface area contributed by atoms with E-state index < -0.39 is 0 Å². The van der Waals surface area contributed by atoms with Crippen molar-refractivity contribution in [2.45, 2.75) is 9.79 Å². The number of rotatable bonds is 8. The van der Waals surface area contributed by atoms with E-state index in [1.807, 2.05) is 121 Å². The van der Waals surface area contributed by atoms with Crippen LogP contribution in [0.1, 0.15) is 0 Å². The molecule has 0 amide bonds. The highest BCUT2D eigenvalue weighted by Gasteiger charge is 2.31. The van der Waals surface area contributed by atoms with Gasteiger partial charge in [0.1, 0.15) is 0 Å². The van der Waals surface area contributed by atoms with Gasteiger partial charge in [0.2, 0.25) is 0 Å². The Bertz CT molecular complexity index is 3900. The zero-order valence-electron chi connectivity index (χ0n) is 39.2. The number of hydrogen-bond acceptors (Lipinski definition) is 12. The molecule has 0 unspecified atom stereocenters. The molecule has 0 aliphatic carbocycles. The Kier molecular flexibility index (Phi) is 10.5. The number of aromatic nitrogens is 8. The van der Waals surface area contributed by atoms with E-state index in [9.17, 15) is 0 Å². The fraction of sp³-hybridized carbons (Fsp3) is 0. The Morgan fingerprint density at radius 2 is 0.757 bits per heavy atom. The van der Waals surface area contributed by atoms with Crippen molar-refractivity contribution < 1.29 is 4.74 Å². The standard InChI is InChI=1S/C62H38N10OS/c1-5-25-57-52(21-1)72(53-22-2-6-26-58(53)73-57)56-36-40(71-54-23-3-7-27-59(54)74-60-28-8-4-24-55(60)71)35-41-42(56)33-39(61-67-48(44-17-9-13-29-63-44)37-49(68-61)45-18-10-14-30-64-45)34-43(41)62-69-50(46-19-11-15-31-65-46)38-51(70-62)47-20-12-16-32-66-47/h1-38H. The molecule has 0 saturated carbocycles. The van der Waals surface area contributed by atoms with Crippen molar-refractivity contribution in [2.75, 3.05) is 9.80 Å². The first kappa shape index (κ1) is 42.9. The van der Waals surface area contributed by atoms with Crippen LogP contribution >= 0.6 is 11.8 Å². The van der Waals surface area contributed by atoms with Crippen LogP contribution in [0, 0.1) is 0 Å². The number of anilines is 6. The minimum atomic E-state index is 0.465. The monoisotopic (exact) mass is 970 g/mol. The quantitative estimate of drug-likeness (QED) is 0.144. The molecule has 6 aromatic heterocycles. The molecule has 348 valence electrons.